The molecule has 0 aliphatic rings. The molecule has 0 spiro atoms. The van der Waals surface area contributed by atoms with Crippen molar-refractivity contribution in [2.75, 3.05) is 0 Å². The first-order chi connectivity index (χ1) is 14.6. The summed E-state index contributed by atoms with van der Waals surface area (Å²) in [5.41, 5.74) is 8.66. The molecule has 0 fully saturated rings. The summed E-state index contributed by atoms with van der Waals surface area (Å²) in [4.78, 5) is 9.78. The molecule has 0 saturated heterocycles. The van der Waals surface area contributed by atoms with E-state index in [2.05, 4.69) is 71.0 Å². The van der Waals surface area contributed by atoms with Gasteiger partial charge in [-0.05, 0) is 86.1 Å². The summed E-state index contributed by atoms with van der Waals surface area (Å²) in [6.45, 7) is 11.0. The van der Waals surface area contributed by atoms with Gasteiger partial charge in [0, 0.05) is 22.7 Å². The second kappa shape index (κ2) is 15.1. The Kier molecular flexibility index (Phi) is 13.3. The average Bonchev–Trinajstić information content (AvgIpc) is 2.73. The average molecular weight is 463 g/mol. The van der Waals surface area contributed by atoms with Crippen LogP contribution in [0.4, 0.5) is 11.4 Å². The SMILES string of the molecule is CCCCCCC(/C=N/c1ccc(C)c(C)c1)=N\c1ccc(CCC)c(CCC)c1.[Ni]. The number of aryl methyl sites for hydroxylation is 4. The fourth-order valence-electron chi connectivity index (χ4n) is 3.70. The van der Waals surface area contributed by atoms with Gasteiger partial charge in [-0.25, -0.2) is 0 Å². The van der Waals surface area contributed by atoms with Gasteiger partial charge < -0.3 is 0 Å². The van der Waals surface area contributed by atoms with E-state index in [1.54, 1.807) is 0 Å². The zero-order valence-corrected chi connectivity index (χ0v) is 21.1. The number of benzene rings is 2. The molecule has 0 radical (unpaired) electrons. The van der Waals surface area contributed by atoms with Gasteiger partial charge in [0.25, 0.3) is 0 Å². The summed E-state index contributed by atoms with van der Waals surface area (Å²) < 4.78 is 0. The molecule has 0 atom stereocenters. The van der Waals surface area contributed by atoms with Gasteiger partial charge in [-0.1, -0.05) is 65.0 Å². The third kappa shape index (κ3) is 9.52. The minimum Gasteiger partial charge on any atom is -0.255 e. The number of aliphatic imine (C=N–C) groups is 2. The largest absolute Gasteiger partial charge is 0.255 e. The zero-order chi connectivity index (χ0) is 21.8. The molecule has 0 N–H and O–H groups in total. The number of nitrogens with zero attached hydrogens (tertiary/aromatic N) is 2. The predicted octanol–water partition coefficient (Wildman–Crippen LogP) is 8.65. The third-order valence-electron chi connectivity index (χ3n) is 5.64. The molecule has 31 heavy (non-hydrogen) atoms. The van der Waals surface area contributed by atoms with Crippen LogP contribution in [0.25, 0.3) is 0 Å². The van der Waals surface area contributed by atoms with Gasteiger partial charge in [-0.2, -0.15) is 0 Å². The Morgan fingerprint density at radius 3 is 2.13 bits per heavy atom. The molecular formula is C28H40N2Ni. The van der Waals surface area contributed by atoms with Crippen molar-refractivity contribution in [3.05, 3.63) is 58.7 Å². The van der Waals surface area contributed by atoms with E-state index in [0.717, 1.165) is 36.3 Å². The molecule has 3 heteroatoms. The van der Waals surface area contributed by atoms with E-state index in [1.165, 1.54) is 60.8 Å². The van der Waals surface area contributed by atoms with Crippen LogP contribution >= 0.6 is 0 Å². The van der Waals surface area contributed by atoms with E-state index < -0.39 is 0 Å². The minimum absolute atomic E-state index is 0. The van der Waals surface area contributed by atoms with Crippen molar-refractivity contribution in [1.82, 2.24) is 0 Å². The van der Waals surface area contributed by atoms with Crippen molar-refractivity contribution in [3.63, 3.8) is 0 Å². The monoisotopic (exact) mass is 462 g/mol. The van der Waals surface area contributed by atoms with Gasteiger partial charge in [0.2, 0.25) is 0 Å². The van der Waals surface area contributed by atoms with Crippen molar-refractivity contribution in [3.8, 4) is 0 Å². The molecule has 2 aromatic carbocycles. The molecule has 0 heterocycles. The number of hydrogen-bond donors (Lipinski definition) is 0. The zero-order valence-electron chi connectivity index (χ0n) is 20.1. The molecule has 0 unspecified atom stereocenters. The second-order valence-electron chi connectivity index (χ2n) is 8.39. The maximum atomic E-state index is 5.02. The smallest absolute Gasteiger partial charge is 0.0636 e. The van der Waals surface area contributed by atoms with Crippen molar-refractivity contribution < 1.29 is 16.5 Å². The van der Waals surface area contributed by atoms with Crippen LogP contribution in [0.3, 0.4) is 0 Å². The second-order valence-corrected chi connectivity index (χ2v) is 8.39. The van der Waals surface area contributed by atoms with E-state index in [-0.39, 0.29) is 16.5 Å². The van der Waals surface area contributed by atoms with Gasteiger partial charge in [-0.15, -0.1) is 0 Å². The van der Waals surface area contributed by atoms with Crippen LogP contribution in [0.15, 0.2) is 46.4 Å². The molecule has 2 aromatic rings. The minimum atomic E-state index is 0. The Hall–Kier alpha value is -1.73. The Morgan fingerprint density at radius 1 is 0.742 bits per heavy atom. The van der Waals surface area contributed by atoms with Gasteiger partial charge in [0.05, 0.1) is 17.1 Å². The molecule has 172 valence electrons. The van der Waals surface area contributed by atoms with Crippen LogP contribution in [0, 0.1) is 13.8 Å². The van der Waals surface area contributed by atoms with E-state index in [1.807, 2.05) is 6.21 Å². The van der Waals surface area contributed by atoms with E-state index >= 15 is 0 Å². The van der Waals surface area contributed by atoms with Crippen LogP contribution in [-0.4, -0.2) is 11.9 Å². The third-order valence-corrected chi connectivity index (χ3v) is 5.64. The topological polar surface area (TPSA) is 24.7 Å². The quantitative estimate of drug-likeness (QED) is 0.171. The fourth-order valence-corrected chi connectivity index (χ4v) is 3.70. The number of unbranched alkanes of at least 4 members (excludes halogenated alkanes) is 3. The van der Waals surface area contributed by atoms with Crippen LogP contribution in [0.2, 0.25) is 0 Å². The van der Waals surface area contributed by atoms with E-state index in [4.69, 9.17) is 9.98 Å². The van der Waals surface area contributed by atoms with E-state index in [0.29, 0.717) is 0 Å². The Labute approximate surface area is 200 Å². The van der Waals surface area contributed by atoms with Crippen LogP contribution in [0.5, 0.6) is 0 Å². The van der Waals surface area contributed by atoms with Gasteiger partial charge in [-0.3, -0.25) is 9.98 Å². The molecular weight excluding hydrogens is 423 g/mol. The van der Waals surface area contributed by atoms with Gasteiger partial charge in [0.15, 0.2) is 0 Å². The maximum Gasteiger partial charge on any atom is 0.0636 e. The summed E-state index contributed by atoms with van der Waals surface area (Å²) in [7, 11) is 0. The summed E-state index contributed by atoms with van der Waals surface area (Å²) in [5, 5.41) is 0. The van der Waals surface area contributed by atoms with Gasteiger partial charge in [0.1, 0.15) is 0 Å². The van der Waals surface area contributed by atoms with Crippen molar-refractivity contribution in [1.29, 1.82) is 0 Å². The first-order valence-corrected chi connectivity index (χ1v) is 11.9. The molecule has 2 nitrogen and oxygen atoms in total. The Morgan fingerprint density at radius 2 is 1.45 bits per heavy atom. The molecule has 0 aromatic heterocycles. The standard InChI is InChI=1S/C28H40N2.Ni/c1-6-9-10-11-14-28(21-29-26-17-15-22(4)23(5)19-26)30-27-18-16-24(12-7-2)25(20-27)13-8-3;/h15-21H,6-14H2,1-5H3;/b29-21+,30-28+;. The van der Waals surface area contributed by atoms with Crippen molar-refractivity contribution in [2.24, 2.45) is 9.98 Å². The maximum absolute atomic E-state index is 5.02. The molecule has 0 amide bonds. The first kappa shape index (κ1) is 27.3. The van der Waals surface area contributed by atoms with Crippen LogP contribution in [-0.2, 0) is 29.3 Å². The van der Waals surface area contributed by atoms with Crippen molar-refractivity contribution in [2.45, 2.75) is 92.4 Å². The fraction of sp³-hybridized carbons (Fsp3) is 0.500. The number of rotatable bonds is 12. The molecule has 2 rings (SSSR count). The summed E-state index contributed by atoms with van der Waals surface area (Å²) >= 11 is 0. The Balaban J connectivity index is 0.00000480. The summed E-state index contributed by atoms with van der Waals surface area (Å²) in [5.74, 6) is 0. The predicted molar refractivity (Wildman–Crippen MR) is 134 cm³/mol. The molecule has 0 saturated carbocycles. The van der Waals surface area contributed by atoms with Crippen LogP contribution < -0.4 is 0 Å². The normalized spacial score (nSPS) is 11.7. The first-order valence-electron chi connectivity index (χ1n) is 11.9. The number of hydrogen-bond acceptors (Lipinski definition) is 2. The summed E-state index contributed by atoms with van der Waals surface area (Å²) in [6, 6.07) is 13.1. The van der Waals surface area contributed by atoms with Gasteiger partial charge >= 0.3 is 0 Å². The molecule has 0 bridgehead atoms. The molecule has 0 aliphatic carbocycles. The van der Waals surface area contributed by atoms with Crippen molar-refractivity contribution >= 4 is 23.3 Å². The van der Waals surface area contributed by atoms with Crippen LogP contribution in [0.1, 0.15) is 88.0 Å². The molecule has 0 aliphatic heterocycles. The Bertz CT molecular complexity index is 852. The summed E-state index contributed by atoms with van der Waals surface area (Å²) in [6.07, 6.45) is 12.6. The van der Waals surface area contributed by atoms with E-state index in [9.17, 15) is 0 Å².